The molecule has 0 aliphatic heterocycles. The molecule has 0 fully saturated rings. The number of hydrogen-bond acceptors (Lipinski definition) is 5. The predicted molar refractivity (Wildman–Crippen MR) is 69.5 cm³/mol. The van der Waals surface area contributed by atoms with Crippen molar-refractivity contribution in [3.8, 4) is 0 Å². The Hall–Kier alpha value is -2.69. The van der Waals surface area contributed by atoms with Crippen LogP contribution in [-0.4, -0.2) is 16.2 Å². The van der Waals surface area contributed by atoms with Crippen molar-refractivity contribution >= 4 is 23.3 Å². The highest BCUT2D eigenvalue weighted by molar-refractivity contribution is 5.79. The lowest BCUT2D eigenvalue weighted by atomic mass is 10.3. The third kappa shape index (κ3) is 2.20. The average Bonchev–Trinajstić information content (AvgIpc) is 2.82. The van der Waals surface area contributed by atoms with Crippen LogP contribution in [0.5, 0.6) is 0 Å². The lowest BCUT2D eigenvalue weighted by Crippen LogP contribution is -1.90. The van der Waals surface area contributed by atoms with Crippen LogP contribution in [0.3, 0.4) is 0 Å². The summed E-state index contributed by atoms with van der Waals surface area (Å²) in [5.41, 5.74) is 5.19. The molecule has 0 bridgehead atoms. The van der Waals surface area contributed by atoms with Gasteiger partial charge >= 0.3 is 6.01 Å². The SMILES string of the molecule is C(=N\Nc1nc2ccccc2o1)/c1cccnc1. The second-order valence-corrected chi connectivity index (χ2v) is 3.64. The Morgan fingerprint density at radius 3 is 2.94 bits per heavy atom. The number of hydrazone groups is 1. The Balaban J connectivity index is 1.75. The zero-order valence-electron chi connectivity index (χ0n) is 9.45. The van der Waals surface area contributed by atoms with Gasteiger partial charge in [0.2, 0.25) is 0 Å². The third-order valence-electron chi connectivity index (χ3n) is 2.35. The Labute approximate surface area is 103 Å². The number of aromatic nitrogens is 2. The zero-order valence-corrected chi connectivity index (χ0v) is 9.45. The molecule has 5 heteroatoms. The van der Waals surface area contributed by atoms with Gasteiger partial charge in [-0.05, 0) is 18.2 Å². The molecule has 1 N–H and O–H groups in total. The highest BCUT2D eigenvalue weighted by atomic mass is 16.4. The van der Waals surface area contributed by atoms with Gasteiger partial charge in [0, 0.05) is 18.0 Å². The molecular weight excluding hydrogens is 228 g/mol. The summed E-state index contributed by atoms with van der Waals surface area (Å²) >= 11 is 0. The van der Waals surface area contributed by atoms with Crippen molar-refractivity contribution in [2.45, 2.75) is 0 Å². The van der Waals surface area contributed by atoms with E-state index < -0.39 is 0 Å². The molecule has 2 heterocycles. The number of para-hydroxylation sites is 2. The second-order valence-electron chi connectivity index (χ2n) is 3.64. The minimum absolute atomic E-state index is 0.372. The minimum Gasteiger partial charge on any atom is -0.422 e. The summed E-state index contributed by atoms with van der Waals surface area (Å²) in [5, 5.41) is 4.04. The molecule has 0 unspecified atom stereocenters. The standard InChI is InChI=1S/C13H10N4O/c1-2-6-12-11(5-1)16-13(18-12)17-15-9-10-4-3-7-14-8-10/h1-9H,(H,16,17)/b15-9+. The Morgan fingerprint density at radius 1 is 1.17 bits per heavy atom. The van der Waals surface area contributed by atoms with Crippen LogP contribution in [0.1, 0.15) is 5.56 Å². The van der Waals surface area contributed by atoms with E-state index in [1.807, 2.05) is 36.4 Å². The Bertz CT molecular complexity index is 643. The fourth-order valence-electron chi connectivity index (χ4n) is 1.53. The molecule has 18 heavy (non-hydrogen) atoms. The normalized spacial score (nSPS) is 11.1. The number of pyridine rings is 1. The molecule has 0 saturated carbocycles. The molecular formula is C13H10N4O. The maximum absolute atomic E-state index is 5.45. The Kier molecular flexibility index (Phi) is 2.71. The van der Waals surface area contributed by atoms with Gasteiger partial charge in [-0.15, -0.1) is 0 Å². The molecule has 1 aromatic carbocycles. The van der Waals surface area contributed by atoms with Crippen LogP contribution >= 0.6 is 0 Å². The van der Waals surface area contributed by atoms with E-state index in [2.05, 4.69) is 20.5 Å². The molecule has 0 spiro atoms. The van der Waals surface area contributed by atoms with Crippen LogP contribution in [0.2, 0.25) is 0 Å². The van der Waals surface area contributed by atoms with Crippen LogP contribution in [-0.2, 0) is 0 Å². The first-order chi connectivity index (χ1) is 8.92. The Morgan fingerprint density at radius 2 is 2.11 bits per heavy atom. The van der Waals surface area contributed by atoms with Gasteiger partial charge in [0.15, 0.2) is 5.58 Å². The minimum atomic E-state index is 0.372. The van der Waals surface area contributed by atoms with Crippen molar-refractivity contribution in [3.05, 3.63) is 54.4 Å². The molecule has 0 aliphatic carbocycles. The molecule has 5 nitrogen and oxygen atoms in total. The van der Waals surface area contributed by atoms with Gasteiger partial charge in [0.1, 0.15) is 5.52 Å². The highest BCUT2D eigenvalue weighted by Crippen LogP contribution is 2.17. The van der Waals surface area contributed by atoms with E-state index in [4.69, 9.17) is 4.42 Å². The zero-order chi connectivity index (χ0) is 12.2. The van der Waals surface area contributed by atoms with Crippen LogP contribution in [0.4, 0.5) is 6.01 Å². The largest absolute Gasteiger partial charge is 0.422 e. The maximum atomic E-state index is 5.45. The molecule has 3 rings (SSSR count). The summed E-state index contributed by atoms with van der Waals surface area (Å²) in [6, 6.07) is 11.7. The van der Waals surface area contributed by atoms with Crippen LogP contribution in [0.25, 0.3) is 11.1 Å². The van der Waals surface area contributed by atoms with Crippen molar-refractivity contribution in [2.75, 3.05) is 5.43 Å². The van der Waals surface area contributed by atoms with Gasteiger partial charge < -0.3 is 4.42 Å². The van der Waals surface area contributed by atoms with Crippen LogP contribution in [0, 0.1) is 0 Å². The van der Waals surface area contributed by atoms with E-state index in [1.54, 1.807) is 18.6 Å². The van der Waals surface area contributed by atoms with Crippen molar-refractivity contribution in [1.82, 2.24) is 9.97 Å². The van der Waals surface area contributed by atoms with E-state index in [9.17, 15) is 0 Å². The molecule has 0 amide bonds. The first-order valence-electron chi connectivity index (χ1n) is 5.46. The molecule has 0 radical (unpaired) electrons. The van der Waals surface area contributed by atoms with Crippen molar-refractivity contribution in [3.63, 3.8) is 0 Å². The number of nitrogens with one attached hydrogen (secondary N) is 1. The number of hydrogen-bond donors (Lipinski definition) is 1. The van der Waals surface area contributed by atoms with Gasteiger partial charge in [-0.3, -0.25) is 4.98 Å². The fourth-order valence-corrected chi connectivity index (χ4v) is 1.53. The van der Waals surface area contributed by atoms with E-state index in [0.29, 0.717) is 6.01 Å². The van der Waals surface area contributed by atoms with E-state index in [0.717, 1.165) is 16.7 Å². The molecule has 2 aromatic heterocycles. The lowest BCUT2D eigenvalue weighted by Gasteiger charge is -1.92. The number of oxazole rings is 1. The molecule has 3 aromatic rings. The lowest BCUT2D eigenvalue weighted by molar-refractivity contribution is 0.617. The monoisotopic (exact) mass is 238 g/mol. The summed E-state index contributed by atoms with van der Waals surface area (Å²) in [6.07, 6.45) is 5.09. The predicted octanol–water partition coefficient (Wildman–Crippen LogP) is 2.67. The summed E-state index contributed by atoms with van der Waals surface area (Å²) < 4.78 is 5.45. The van der Waals surface area contributed by atoms with E-state index in [1.165, 1.54) is 0 Å². The number of nitrogens with zero attached hydrogens (tertiary/aromatic N) is 3. The number of rotatable bonds is 3. The quantitative estimate of drug-likeness (QED) is 0.562. The topological polar surface area (TPSA) is 63.3 Å². The van der Waals surface area contributed by atoms with Crippen LogP contribution in [0.15, 0.2) is 58.3 Å². The van der Waals surface area contributed by atoms with Crippen molar-refractivity contribution in [2.24, 2.45) is 5.10 Å². The summed E-state index contributed by atoms with van der Waals surface area (Å²) in [4.78, 5) is 8.22. The van der Waals surface area contributed by atoms with E-state index >= 15 is 0 Å². The van der Waals surface area contributed by atoms with Gasteiger partial charge in [-0.25, -0.2) is 5.43 Å². The third-order valence-corrected chi connectivity index (χ3v) is 2.35. The van der Waals surface area contributed by atoms with E-state index in [-0.39, 0.29) is 0 Å². The number of anilines is 1. The van der Waals surface area contributed by atoms with Crippen molar-refractivity contribution < 1.29 is 4.42 Å². The van der Waals surface area contributed by atoms with Gasteiger partial charge in [-0.2, -0.15) is 10.1 Å². The summed E-state index contributed by atoms with van der Waals surface area (Å²) in [7, 11) is 0. The van der Waals surface area contributed by atoms with Crippen LogP contribution < -0.4 is 5.43 Å². The summed E-state index contributed by atoms with van der Waals surface area (Å²) in [5.74, 6) is 0. The smallest absolute Gasteiger partial charge is 0.316 e. The first-order valence-corrected chi connectivity index (χ1v) is 5.46. The van der Waals surface area contributed by atoms with Gasteiger partial charge in [0.05, 0.1) is 6.21 Å². The summed E-state index contributed by atoms with van der Waals surface area (Å²) in [6.45, 7) is 0. The molecule has 0 aliphatic rings. The highest BCUT2D eigenvalue weighted by Gasteiger charge is 2.02. The second kappa shape index (κ2) is 4.67. The fraction of sp³-hybridized carbons (Fsp3) is 0. The molecule has 88 valence electrons. The van der Waals surface area contributed by atoms with Crippen molar-refractivity contribution in [1.29, 1.82) is 0 Å². The number of benzene rings is 1. The average molecular weight is 238 g/mol. The maximum Gasteiger partial charge on any atom is 0.316 e. The van der Waals surface area contributed by atoms with Gasteiger partial charge in [-0.1, -0.05) is 18.2 Å². The molecule has 0 atom stereocenters. The molecule has 0 saturated heterocycles. The first kappa shape index (κ1) is 10.5. The van der Waals surface area contributed by atoms with Gasteiger partial charge in [0.25, 0.3) is 0 Å². The number of fused-ring (bicyclic) bond motifs is 1.